The molecule has 0 bridgehead atoms. The van der Waals surface area contributed by atoms with Crippen molar-refractivity contribution in [1.82, 2.24) is 10.2 Å². The molecule has 1 aromatic carbocycles. The number of nitrogens with zero attached hydrogens (tertiary/aromatic N) is 2. The number of aliphatic hydroxyl groups is 1. The maximum Gasteiger partial charge on any atom is 0.333 e. The van der Waals surface area contributed by atoms with Crippen molar-refractivity contribution in [2.24, 2.45) is 0 Å². The molecule has 0 aliphatic carbocycles. The number of hydrogen-bond acceptors (Lipinski definition) is 4. The Kier molecular flexibility index (Phi) is 4.36. The van der Waals surface area contributed by atoms with Crippen molar-refractivity contribution in [1.29, 1.82) is 0 Å². The van der Waals surface area contributed by atoms with Gasteiger partial charge in [-0.2, -0.15) is 0 Å². The molecule has 1 saturated heterocycles. The SMILES string of the molecule is CC(O)CNC(C)N1C(=O)CN(c2ccccc2)C1=O. The molecule has 0 spiro atoms. The maximum absolute atomic E-state index is 12.3. The van der Waals surface area contributed by atoms with Crippen LogP contribution in [0.1, 0.15) is 13.8 Å². The van der Waals surface area contributed by atoms with Crippen LogP contribution in [0, 0.1) is 0 Å². The Labute approximate surface area is 118 Å². The lowest BCUT2D eigenvalue weighted by Gasteiger charge is -2.24. The molecule has 3 amide bonds. The Hall–Kier alpha value is -1.92. The van der Waals surface area contributed by atoms with Gasteiger partial charge in [-0.15, -0.1) is 0 Å². The van der Waals surface area contributed by atoms with Gasteiger partial charge in [0.1, 0.15) is 6.54 Å². The van der Waals surface area contributed by atoms with Gasteiger partial charge in [-0.05, 0) is 26.0 Å². The first-order valence-electron chi connectivity index (χ1n) is 6.60. The van der Waals surface area contributed by atoms with Crippen molar-refractivity contribution in [2.45, 2.75) is 26.1 Å². The highest BCUT2D eigenvalue weighted by atomic mass is 16.3. The highest BCUT2D eigenvalue weighted by Crippen LogP contribution is 2.21. The van der Waals surface area contributed by atoms with Gasteiger partial charge < -0.3 is 5.11 Å². The van der Waals surface area contributed by atoms with Crippen molar-refractivity contribution in [3.05, 3.63) is 30.3 Å². The number of carbonyl (C=O) groups is 2. The summed E-state index contributed by atoms with van der Waals surface area (Å²) in [6.45, 7) is 3.74. The van der Waals surface area contributed by atoms with Crippen LogP contribution in [-0.2, 0) is 4.79 Å². The number of rotatable bonds is 5. The molecule has 1 aliphatic heterocycles. The second kappa shape index (κ2) is 6.02. The third-order valence-corrected chi connectivity index (χ3v) is 3.16. The highest BCUT2D eigenvalue weighted by Gasteiger charge is 2.39. The maximum atomic E-state index is 12.3. The minimum atomic E-state index is -0.532. The van der Waals surface area contributed by atoms with E-state index >= 15 is 0 Å². The first-order chi connectivity index (χ1) is 9.50. The van der Waals surface area contributed by atoms with Crippen LogP contribution in [0.4, 0.5) is 10.5 Å². The lowest BCUT2D eigenvalue weighted by Crippen LogP contribution is -2.49. The summed E-state index contributed by atoms with van der Waals surface area (Å²) in [6.07, 6.45) is -0.978. The van der Waals surface area contributed by atoms with Gasteiger partial charge in [-0.1, -0.05) is 18.2 Å². The molecule has 6 nitrogen and oxygen atoms in total. The van der Waals surface area contributed by atoms with Crippen LogP contribution in [0.5, 0.6) is 0 Å². The van der Waals surface area contributed by atoms with Crippen molar-refractivity contribution >= 4 is 17.6 Å². The molecular weight excluding hydrogens is 258 g/mol. The van der Waals surface area contributed by atoms with Gasteiger partial charge in [0.05, 0.1) is 12.3 Å². The van der Waals surface area contributed by atoms with Gasteiger partial charge in [0.15, 0.2) is 0 Å². The standard InChI is InChI=1S/C14H19N3O3/c1-10(18)8-15-11(2)17-13(19)9-16(14(17)20)12-6-4-3-5-7-12/h3-7,10-11,15,18H,8-9H2,1-2H3. The summed E-state index contributed by atoms with van der Waals surface area (Å²) < 4.78 is 0. The van der Waals surface area contributed by atoms with Crippen molar-refractivity contribution in [2.75, 3.05) is 18.0 Å². The number of amides is 3. The number of carbonyl (C=O) groups excluding carboxylic acids is 2. The van der Waals surface area contributed by atoms with E-state index in [1.54, 1.807) is 26.0 Å². The van der Waals surface area contributed by atoms with E-state index in [0.717, 1.165) is 0 Å². The fourth-order valence-corrected chi connectivity index (χ4v) is 2.14. The molecule has 6 heteroatoms. The van der Waals surface area contributed by atoms with E-state index in [-0.39, 0.29) is 18.5 Å². The van der Waals surface area contributed by atoms with E-state index < -0.39 is 12.3 Å². The first-order valence-corrected chi connectivity index (χ1v) is 6.60. The van der Waals surface area contributed by atoms with Gasteiger partial charge in [-0.25, -0.2) is 9.69 Å². The number of hydrogen-bond donors (Lipinski definition) is 2. The summed E-state index contributed by atoms with van der Waals surface area (Å²) in [5.74, 6) is -0.246. The number of nitrogens with one attached hydrogen (secondary N) is 1. The molecule has 0 radical (unpaired) electrons. The summed E-state index contributed by atoms with van der Waals surface area (Å²) in [5, 5.41) is 12.2. The van der Waals surface area contributed by atoms with E-state index in [2.05, 4.69) is 5.32 Å². The number of para-hydroxylation sites is 1. The minimum absolute atomic E-state index is 0.0452. The zero-order chi connectivity index (χ0) is 14.7. The van der Waals surface area contributed by atoms with E-state index in [9.17, 15) is 14.7 Å². The molecule has 0 aromatic heterocycles. The molecule has 2 atom stereocenters. The van der Waals surface area contributed by atoms with Crippen LogP contribution in [-0.4, -0.2) is 47.3 Å². The van der Waals surface area contributed by atoms with Gasteiger partial charge in [0.2, 0.25) is 0 Å². The van der Waals surface area contributed by atoms with E-state index in [1.807, 2.05) is 18.2 Å². The molecule has 1 fully saturated rings. The molecule has 1 aromatic rings. The van der Waals surface area contributed by atoms with Gasteiger partial charge in [0.25, 0.3) is 5.91 Å². The predicted molar refractivity (Wildman–Crippen MR) is 75.2 cm³/mol. The van der Waals surface area contributed by atoms with Crippen molar-refractivity contribution in [3.63, 3.8) is 0 Å². The molecule has 1 heterocycles. The average molecular weight is 277 g/mol. The molecule has 2 rings (SSSR count). The average Bonchev–Trinajstić information content (AvgIpc) is 2.72. The number of anilines is 1. The fourth-order valence-electron chi connectivity index (χ4n) is 2.14. The summed E-state index contributed by atoms with van der Waals surface area (Å²) in [5.41, 5.74) is 0.705. The van der Waals surface area contributed by atoms with Crippen molar-refractivity contribution < 1.29 is 14.7 Å². The normalized spacial score (nSPS) is 18.6. The summed E-state index contributed by atoms with van der Waals surface area (Å²) in [7, 11) is 0. The van der Waals surface area contributed by atoms with Crippen LogP contribution in [0.25, 0.3) is 0 Å². The van der Waals surface area contributed by atoms with Crippen LogP contribution >= 0.6 is 0 Å². The third kappa shape index (κ3) is 2.97. The molecule has 2 unspecified atom stereocenters. The second-order valence-corrected chi connectivity index (χ2v) is 4.90. The monoisotopic (exact) mass is 277 g/mol. The zero-order valence-corrected chi connectivity index (χ0v) is 11.6. The predicted octanol–water partition coefficient (Wildman–Crippen LogP) is 0.772. The molecule has 1 aliphatic rings. The van der Waals surface area contributed by atoms with Gasteiger partial charge >= 0.3 is 6.03 Å². The topological polar surface area (TPSA) is 72.9 Å². The van der Waals surface area contributed by atoms with E-state index in [4.69, 9.17) is 0 Å². The number of imide groups is 1. The van der Waals surface area contributed by atoms with Crippen LogP contribution in [0.3, 0.4) is 0 Å². The Morgan fingerprint density at radius 1 is 1.25 bits per heavy atom. The quantitative estimate of drug-likeness (QED) is 0.780. The van der Waals surface area contributed by atoms with Crippen LogP contribution < -0.4 is 10.2 Å². The van der Waals surface area contributed by atoms with Gasteiger partial charge in [0, 0.05) is 12.2 Å². The Morgan fingerprint density at radius 2 is 1.90 bits per heavy atom. The number of aliphatic hydroxyl groups excluding tert-OH is 1. The number of urea groups is 1. The molecular formula is C14H19N3O3. The fraction of sp³-hybridized carbons (Fsp3) is 0.429. The van der Waals surface area contributed by atoms with Crippen LogP contribution in [0.15, 0.2) is 30.3 Å². The van der Waals surface area contributed by atoms with Crippen molar-refractivity contribution in [3.8, 4) is 0 Å². The Morgan fingerprint density at radius 3 is 2.50 bits per heavy atom. The van der Waals surface area contributed by atoms with Crippen LogP contribution in [0.2, 0.25) is 0 Å². The minimum Gasteiger partial charge on any atom is -0.392 e. The van der Waals surface area contributed by atoms with Gasteiger partial charge in [-0.3, -0.25) is 15.0 Å². The molecule has 20 heavy (non-hydrogen) atoms. The Balaban J connectivity index is 2.09. The first kappa shape index (κ1) is 14.5. The lowest BCUT2D eigenvalue weighted by molar-refractivity contribution is -0.126. The molecule has 2 N–H and O–H groups in total. The summed E-state index contributed by atoms with van der Waals surface area (Å²) in [4.78, 5) is 27.0. The third-order valence-electron chi connectivity index (χ3n) is 3.16. The van der Waals surface area contributed by atoms with E-state index in [1.165, 1.54) is 9.80 Å². The Bertz CT molecular complexity index is 490. The molecule has 0 saturated carbocycles. The smallest absolute Gasteiger partial charge is 0.333 e. The zero-order valence-electron chi connectivity index (χ0n) is 11.6. The lowest BCUT2D eigenvalue weighted by atomic mass is 10.3. The van der Waals surface area contributed by atoms with E-state index in [0.29, 0.717) is 12.2 Å². The summed E-state index contributed by atoms with van der Waals surface area (Å²) in [6, 6.07) is 8.75. The second-order valence-electron chi connectivity index (χ2n) is 4.90. The molecule has 108 valence electrons. The highest BCUT2D eigenvalue weighted by molar-refractivity contribution is 6.12. The number of benzene rings is 1. The summed E-state index contributed by atoms with van der Waals surface area (Å²) >= 11 is 0. The largest absolute Gasteiger partial charge is 0.392 e.